The summed E-state index contributed by atoms with van der Waals surface area (Å²) in [5.74, 6) is 1.60. The van der Waals surface area contributed by atoms with E-state index in [2.05, 4.69) is 37.7 Å². The third kappa shape index (κ3) is 8.05. The first-order chi connectivity index (χ1) is 10.0. The molecule has 0 saturated carbocycles. The van der Waals surface area contributed by atoms with Crippen LogP contribution in [-0.2, 0) is 6.54 Å². The highest BCUT2D eigenvalue weighted by Gasteiger charge is 2.08. The summed E-state index contributed by atoms with van der Waals surface area (Å²) < 4.78 is 5.83. The zero-order valence-electron chi connectivity index (χ0n) is 14.0. The molecule has 0 unspecified atom stereocenters. The molecule has 120 valence electrons. The largest absolute Gasteiger partial charge is 0.492 e. The summed E-state index contributed by atoms with van der Waals surface area (Å²) in [5.41, 5.74) is 6.73. The molecule has 0 aliphatic rings. The van der Waals surface area contributed by atoms with E-state index in [1.54, 1.807) is 0 Å². The number of rotatable bonds is 10. The highest BCUT2D eigenvalue weighted by atomic mass is 16.5. The summed E-state index contributed by atoms with van der Waals surface area (Å²) in [7, 11) is 4.23. The standard InChI is InChI=1S/C17H31N3O/c1-15(2)14-20(10-9-19(3)4)11-12-21-17-7-5-16(13-18)6-8-17/h5-8,15H,9-14,18H2,1-4H3. The molecule has 21 heavy (non-hydrogen) atoms. The van der Waals surface area contributed by atoms with Gasteiger partial charge in [0.2, 0.25) is 0 Å². The summed E-state index contributed by atoms with van der Waals surface area (Å²) in [6.07, 6.45) is 0. The van der Waals surface area contributed by atoms with E-state index >= 15 is 0 Å². The molecule has 4 heteroatoms. The molecule has 0 radical (unpaired) electrons. The molecule has 0 aromatic heterocycles. The maximum Gasteiger partial charge on any atom is 0.119 e. The summed E-state index contributed by atoms with van der Waals surface area (Å²) in [4.78, 5) is 4.69. The molecule has 1 aromatic carbocycles. The first-order valence-corrected chi connectivity index (χ1v) is 7.80. The van der Waals surface area contributed by atoms with Crippen LogP contribution in [-0.4, -0.2) is 56.7 Å². The van der Waals surface area contributed by atoms with Gasteiger partial charge in [0.1, 0.15) is 12.4 Å². The number of hydrogen-bond donors (Lipinski definition) is 1. The van der Waals surface area contributed by atoms with Crippen molar-refractivity contribution < 1.29 is 4.74 Å². The number of nitrogens with two attached hydrogens (primary N) is 1. The highest BCUT2D eigenvalue weighted by molar-refractivity contribution is 5.27. The lowest BCUT2D eigenvalue weighted by Crippen LogP contribution is -2.37. The predicted octanol–water partition coefficient (Wildman–Crippen LogP) is 2.04. The third-order valence-corrected chi connectivity index (χ3v) is 3.32. The topological polar surface area (TPSA) is 41.7 Å². The number of hydrogen-bond acceptors (Lipinski definition) is 4. The number of ether oxygens (including phenoxy) is 1. The van der Waals surface area contributed by atoms with Crippen molar-refractivity contribution in [3.8, 4) is 5.75 Å². The Kier molecular flexibility index (Phi) is 8.35. The Morgan fingerprint density at radius 1 is 1.05 bits per heavy atom. The van der Waals surface area contributed by atoms with Crippen molar-refractivity contribution in [1.82, 2.24) is 9.80 Å². The molecule has 2 N–H and O–H groups in total. The van der Waals surface area contributed by atoms with E-state index in [1.807, 2.05) is 24.3 Å². The van der Waals surface area contributed by atoms with Gasteiger partial charge in [-0.25, -0.2) is 0 Å². The Hall–Kier alpha value is -1.10. The Labute approximate surface area is 129 Å². The minimum Gasteiger partial charge on any atom is -0.492 e. The van der Waals surface area contributed by atoms with Crippen LogP contribution in [0.1, 0.15) is 19.4 Å². The molecule has 0 aliphatic carbocycles. The fraction of sp³-hybridized carbons (Fsp3) is 0.647. The average Bonchev–Trinajstić information content (AvgIpc) is 2.44. The van der Waals surface area contributed by atoms with Crippen molar-refractivity contribution in [3.63, 3.8) is 0 Å². The van der Waals surface area contributed by atoms with Crippen LogP contribution >= 0.6 is 0 Å². The first kappa shape index (κ1) is 18.0. The van der Waals surface area contributed by atoms with Crippen molar-refractivity contribution in [2.75, 3.05) is 46.9 Å². The van der Waals surface area contributed by atoms with Gasteiger partial charge in [-0.15, -0.1) is 0 Å². The van der Waals surface area contributed by atoms with E-state index in [0.717, 1.165) is 44.1 Å². The molecule has 1 rings (SSSR count). The molecule has 4 nitrogen and oxygen atoms in total. The second-order valence-corrected chi connectivity index (χ2v) is 6.19. The van der Waals surface area contributed by atoms with E-state index in [4.69, 9.17) is 10.5 Å². The van der Waals surface area contributed by atoms with Crippen LogP contribution in [0.15, 0.2) is 24.3 Å². The number of likely N-dealkylation sites (N-methyl/N-ethyl adjacent to an activating group) is 1. The van der Waals surface area contributed by atoms with E-state index in [0.29, 0.717) is 12.5 Å². The van der Waals surface area contributed by atoms with Gasteiger partial charge >= 0.3 is 0 Å². The monoisotopic (exact) mass is 293 g/mol. The molecule has 0 bridgehead atoms. The lowest BCUT2D eigenvalue weighted by molar-refractivity contribution is 0.179. The smallest absolute Gasteiger partial charge is 0.119 e. The molecular weight excluding hydrogens is 262 g/mol. The van der Waals surface area contributed by atoms with Crippen molar-refractivity contribution in [1.29, 1.82) is 0 Å². The summed E-state index contributed by atoms with van der Waals surface area (Å²) in [6, 6.07) is 8.03. The van der Waals surface area contributed by atoms with Crippen LogP contribution in [0.4, 0.5) is 0 Å². The van der Waals surface area contributed by atoms with Gasteiger partial charge in [-0.05, 0) is 37.7 Å². The van der Waals surface area contributed by atoms with Gasteiger partial charge in [0.05, 0.1) is 0 Å². The second kappa shape index (κ2) is 9.77. The third-order valence-electron chi connectivity index (χ3n) is 3.32. The average molecular weight is 293 g/mol. The molecule has 0 aliphatic heterocycles. The fourth-order valence-electron chi connectivity index (χ4n) is 2.17. The minimum absolute atomic E-state index is 0.576. The molecular formula is C17H31N3O. The van der Waals surface area contributed by atoms with Crippen molar-refractivity contribution in [3.05, 3.63) is 29.8 Å². The molecule has 0 heterocycles. The van der Waals surface area contributed by atoms with Gasteiger partial charge in [0.25, 0.3) is 0 Å². The highest BCUT2D eigenvalue weighted by Crippen LogP contribution is 2.11. The first-order valence-electron chi connectivity index (χ1n) is 7.80. The Morgan fingerprint density at radius 2 is 1.71 bits per heavy atom. The van der Waals surface area contributed by atoms with Gasteiger partial charge in [-0.1, -0.05) is 26.0 Å². The summed E-state index contributed by atoms with van der Waals surface area (Å²) in [6.45, 7) is 10.1. The molecule has 0 spiro atoms. The van der Waals surface area contributed by atoms with Gasteiger partial charge < -0.3 is 15.4 Å². The Morgan fingerprint density at radius 3 is 2.24 bits per heavy atom. The van der Waals surface area contributed by atoms with Crippen LogP contribution < -0.4 is 10.5 Å². The van der Waals surface area contributed by atoms with Crippen molar-refractivity contribution in [2.24, 2.45) is 11.7 Å². The predicted molar refractivity (Wildman–Crippen MR) is 89.7 cm³/mol. The normalized spacial score (nSPS) is 11.6. The second-order valence-electron chi connectivity index (χ2n) is 6.19. The Bertz CT molecular complexity index is 376. The number of benzene rings is 1. The fourth-order valence-corrected chi connectivity index (χ4v) is 2.17. The molecule has 1 aromatic rings. The molecule has 0 saturated heterocycles. The summed E-state index contributed by atoms with van der Waals surface area (Å²) >= 11 is 0. The lowest BCUT2D eigenvalue weighted by Gasteiger charge is -2.25. The van der Waals surface area contributed by atoms with Crippen LogP contribution in [0.3, 0.4) is 0 Å². The number of nitrogens with zero attached hydrogens (tertiary/aromatic N) is 2. The van der Waals surface area contributed by atoms with Crippen molar-refractivity contribution >= 4 is 0 Å². The Balaban J connectivity index is 2.36. The zero-order valence-corrected chi connectivity index (χ0v) is 14.0. The van der Waals surface area contributed by atoms with Crippen LogP contribution in [0.2, 0.25) is 0 Å². The summed E-state index contributed by atoms with van der Waals surface area (Å²) in [5, 5.41) is 0. The van der Waals surface area contributed by atoms with Gasteiger partial charge in [-0.3, -0.25) is 4.90 Å². The van der Waals surface area contributed by atoms with Crippen LogP contribution in [0.5, 0.6) is 5.75 Å². The lowest BCUT2D eigenvalue weighted by atomic mass is 10.2. The molecule has 0 fully saturated rings. The minimum atomic E-state index is 0.576. The van der Waals surface area contributed by atoms with E-state index in [-0.39, 0.29) is 0 Å². The van der Waals surface area contributed by atoms with E-state index in [9.17, 15) is 0 Å². The van der Waals surface area contributed by atoms with Crippen molar-refractivity contribution in [2.45, 2.75) is 20.4 Å². The van der Waals surface area contributed by atoms with Crippen LogP contribution in [0, 0.1) is 5.92 Å². The molecule has 0 atom stereocenters. The van der Waals surface area contributed by atoms with E-state index in [1.165, 1.54) is 0 Å². The zero-order chi connectivity index (χ0) is 15.7. The van der Waals surface area contributed by atoms with E-state index < -0.39 is 0 Å². The van der Waals surface area contributed by atoms with Gasteiger partial charge in [-0.2, -0.15) is 0 Å². The van der Waals surface area contributed by atoms with Gasteiger partial charge in [0.15, 0.2) is 0 Å². The maximum atomic E-state index is 5.83. The van der Waals surface area contributed by atoms with Crippen LogP contribution in [0.25, 0.3) is 0 Å². The van der Waals surface area contributed by atoms with Gasteiger partial charge in [0, 0.05) is 32.7 Å². The quantitative estimate of drug-likeness (QED) is 0.717. The maximum absolute atomic E-state index is 5.83. The molecule has 0 amide bonds. The SMILES string of the molecule is CC(C)CN(CCOc1ccc(CN)cc1)CCN(C)C.